The van der Waals surface area contributed by atoms with Gasteiger partial charge < -0.3 is 14.7 Å². The van der Waals surface area contributed by atoms with E-state index in [0.29, 0.717) is 0 Å². The number of rotatable bonds is 2. The minimum absolute atomic E-state index is 0.154. The van der Waals surface area contributed by atoms with Crippen molar-refractivity contribution in [3.63, 3.8) is 0 Å². The molecule has 2 rings (SSSR count). The van der Waals surface area contributed by atoms with Gasteiger partial charge in [0.25, 0.3) is 0 Å². The number of aliphatic hydroxyl groups is 1. The Morgan fingerprint density at radius 2 is 2.27 bits per heavy atom. The van der Waals surface area contributed by atoms with Gasteiger partial charge in [-0.2, -0.15) is 0 Å². The number of benzene rings is 1. The Kier molecular flexibility index (Phi) is 2.57. The van der Waals surface area contributed by atoms with Gasteiger partial charge in [-0.05, 0) is 19.1 Å². The molecule has 1 aromatic rings. The van der Waals surface area contributed by atoms with E-state index in [4.69, 9.17) is 4.74 Å². The Balaban J connectivity index is 2.51. The van der Waals surface area contributed by atoms with Crippen molar-refractivity contribution < 1.29 is 9.84 Å². The van der Waals surface area contributed by atoms with Gasteiger partial charge in [0.15, 0.2) is 0 Å². The highest BCUT2D eigenvalue weighted by atomic mass is 16.5. The first-order valence-electron chi connectivity index (χ1n) is 5.21. The summed E-state index contributed by atoms with van der Waals surface area (Å²) in [5.74, 6) is 1.03. The smallest absolute Gasteiger partial charge is 0.124 e. The highest BCUT2D eigenvalue weighted by molar-refractivity contribution is 5.65. The number of fused-ring (bicyclic) bond motifs is 1. The molecule has 0 aliphatic carbocycles. The summed E-state index contributed by atoms with van der Waals surface area (Å²) >= 11 is 0. The van der Waals surface area contributed by atoms with Gasteiger partial charge in [-0.1, -0.05) is 6.07 Å². The van der Waals surface area contributed by atoms with Crippen LogP contribution in [0.2, 0.25) is 0 Å². The highest BCUT2D eigenvalue weighted by Crippen LogP contribution is 2.42. The van der Waals surface area contributed by atoms with Crippen molar-refractivity contribution in [3.8, 4) is 5.75 Å². The van der Waals surface area contributed by atoms with Crippen molar-refractivity contribution in [2.75, 3.05) is 25.6 Å². The second-order valence-corrected chi connectivity index (χ2v) is 4.12. The first kappa shape index (κ1) is 10.3. The average molecular weight is 207 g/mol. The number of ether oxygens (including phenoxy) is 1. The topological polar surface area (TPSA) is 32.7 Å². The molecule has 0 aromatic heterocycles. The number of methoxy groups -OCH3 is 1. The molecule has 1 aromatic carbocycles. The first-order chi connectivity index (χ1) is 7.15. The largest absolute Gasteiger partial charge is 0.496 e. The van der Waals surface area contributed by atoms with Crippen LogP contribution >= 0.6 is 0 Å². The lowest BCUT2D eigenvalue weighted by atomic mass is 9.95. The lowest BCUT2D eigenvalue weighted by Crippen LogP contribution is -2.21. The number of anilines is 1. The third-order valence-electron chi connectivity index (χ3n) is 3.10. The predicted octanol–water partition coefficient (Wildman–Crippen LogP) is 1.61. The zero-order valence-electron chi connectivity index (χ0n) is 9.40. The van der Waals surface area contributed by atoms with Crippen LogP contribution in [-0.2, 0) is 0 Å². The molecule has 0 amide bonds. The third kappa shape index (κ3) is 1.57. The van der Waals surface area contributed by atoms with Gasteiger partial charge in [0.2, 0.25) is 0 Å². The number of hydrogen-bond acceptors (Lipinski definition) is 3. The molecule has 3 heteroatoms. The molecule has 1 aliphatic heterocycles. The van der Waals surface area contributed by atoms with Crippen LogP contribution in [0.4, 0.5) is 5.69 Å². The molecule has 82 valence electrons. The van der Waals surface area contributed by atoms with E-state index >= 15 is 0 Å². The quantitative estimate of drug-likeness (QED) is 0.799. The molecule has 1 aliphatic rings. The van der Waals surface area contributed by atoms with Gasteiger partial charge in [0.05, 0.1) is 13.2 Å². The van der Waals surface area contributed by atoms with Crippen molar-refractivity contribution >= 4 is 5.69 Å². The van der Waals surface area contributed by atoms with E-state index in [-0.39, 0.29) is 12.0 Å². The fraction of sp³-hybridized carbons (Fsp3) is 0.500. The molecule has 2 atom stereocenters. The van der Waals surface area contributed by atoms with Crippen LogP contribution < -0.4 is 9.64 Å². The Bertz CT molecular complexity index is 363. The molecular weight excluding hydrogens is 190 g/mol. The maximum absolute atomic E-state index is 9.75. The summed E-state index contributed by atoms with van der Waals surface area (Å²) in [6.45, 7) is 2.69. The van der Waals surface area contributed by atoms with E-state index in [1.807, 2.05) is 26.1 Å². The predicted molar refractivity (Wildman–Crippen MR) is 60.7 cm³/mol. The number of likely N-dealkylation sites (N-methyl/N-ethyl adjacent to an activating group) is 1. The number of hydrogen-bond donors (Lipinski definition) is 1. The summed E-state index contributed by atoms with van der Waals surface area (Å²) in [6, 6.07) is 6.01. The zero-order valence-corrected chi connectivity index (χ0v) is 9.40. The Morgan fingerprint density at radius 3 is 2.87 bits per heavy atom. The minimum Gasteiger partial charge on any atom is -0.496 e. The molecule has 3 nitrogen and oxygen atoms in total. The minimum atomic E-state index is -0.343. The van der Waals surface area contributed by atoms with Gasteiger partial charge in [-0.3, -0.25) is 0 Å². The summed E-state index contributed by atoms with van der Waals surface area (Å²) in [7, 11) is 3.72. The molecule has 0 fully saturated rings. The lowest BCUT2D eigenvalue weighted by molar-refractivity contribution is 0.166. The summed E-state index contributed by atoms with van der Waals surface area (Å²) in [5.41, 5.74) is 2.30. The normalized spacial score (nSPS) is 21.3. The summed E-state index contributed by atoms with van der Waals surface area (Å²) in [6.07, 6.45) is -0.343. The van der Waals surface area contributed by atoms with Gasteiger partial charge in [-0.25, -0.2) is 0 Å². The van der Waals surface area contributed by atoms with Crippen molar-refractivity contribution in [2.24, 2.45) is 0 Å². The van der Waals surface area contributed by atoms with Crippen LogP contribution in [0.3, 0.4) is 0 Å². The van der Waals surface area contributed by atoms with E-state index in [0.717, 1.165) is 17.9 Å². The first-order valence-corrected chi connectivity index (χ1v) is 5.21. The van der Waals surface area contributed by atoms with Crippen LogP contribution in [0.1, 0.15) is 18.4 Å². The Hall–Kier alpha value is -1.22. The monoisotopic (exact) mass is 207 g/mol. The van der Waals surface area contributed by atoms with E-state index < -0.39 is 0 Å². The fourth-order valence-electron chi connectivity index (χ4n) is 2.29. The fourth-order valence-corrected chi connectivity index (χ4v) is 2.29. The summed E-state index contributed by atoms with van der Waals surface area (Å²) in [5, 5.41) is 9.75. The zero-order chi connectivity index (χ0) is 11.0. The number of aliphatic hydroxyl groups excluding tert-OH is 1. The van der Waals surface area contributed by atoms with Crippen LogP contribution in [0.25, 0.3) is 0 Å². The molecule has 0 spiro atoms. The van der Waals surface area contributed by atoms with Crippen LogP contribution in [0, 0.1) is 0 Å². The van der Waals surface area contributed by atoms with Crippen molar-refractivity contribution in [1.29, 1.82) is 0 Å². The Morgan fingerprint density at radius 1 is 1.53 bits per heavy atom. The van der Waals surface area contributed by atoms with Gasteiger partial charge in [-0.15, -0.1) is 0 Å². The molecule has 2 unspecified atom stereocenters. The van der Waals surface area contributed by atoms with Gasteiger partial charge >= 0.3 is 0 Å². The molecule has 1 N–H and O–H groups in total. The maximum Gasteiger partial charge on any atom is 0.124 e. The van der Waals surface area contributed by atoms with Crippen LogP contribution in [0.5, 0.6) is 5.75 Å². The average Bonchev–Trinajstić information content (AvgIpc) is 2.56. The van der Waals surface area contributed by atoms with E-state index in [1.165, 1.54) is 5.69 Å². The summed E-state index contributed by atoms with van der Waals surface area (Å²) in [4.78, 5) is 2.16. The van der Waals surface area contributed by atoms with Crippen molar-refractivity contribution in [2.45, 2.75) is 18.9 Å². The van der Waals surface area contributed by atoms with E-state index in [2.05, 4.69) is 11.0 Å². The molecule has 1 heterocycles. The van der Waals surface area contributed by atoms with Gasteiger partial charge in [0.1, 0.15) is 5.75 Å². The second-order valence-electron chi connectivity index (χ2n) is 4.12. The lowest BCUT2D eigenvalue weighted by Gasteiger charge is -2.16. The standard InChI is InChI=1S/C12H17NO2/c1-8(14)9-7-13(2)10-5-4-6-11(15-3)12(9)10/h4-6,8-9,14H,7H2,1-3H3. The Labute approximate surface area is 90.3 Å². The second kappa shape index (κ2) is 3.74. The molecule has 0 saturated carbocycles. The van der Waals surface area contributed by atoms with E-state index in [9.17, 15) is 5.11 Å². The van der Waals surface area contributed by atoms with Crippen molar-refractivity contribution in [1.82, 2.24) is 0 Å². The van der Waals surface area contributed by atoms with Crippen LogP contribution in [0.15, 0.2) is 18.2 Å². The van der Waals surface area contributed by atoms with Crippen LogP contribution in [-0.4, -0.2) is 31.9 Å². The highest BCUT2D eigenvalue weighted by Gasteiger charge is 2.32. The molecular formula is C12H17NO2. The third-order valence-corrected chi connectivity index (χ3v) is 3.10. The molecule has 0 radical (unpaired) electrons. The van der Waals surface area contributed by atoms with E-state index in [1.54, 1.807) is 7.11 Å². The molecule has 0 bridgehead atoms. The number of nitrogens with zero attached hydrogens (tertiary/aromatic N) is 1. The van der Waals surface area contributed by atoms with Crippen molar-refractivity contribution in [3.05, 3.63) is 23.8 Å². The van der Waals surface area contributed by atoms with Gasteiger partial charge in [0, 0.05) is 30.8 Å². The SMILES string of the molecule is COc1cccc2c1C(C(C)O)CN2C. The maximum atomic E-state index is 9.75. The molecule has 15 heavy (non-hydrogen) atoms. The molecule has 0 saturated heterocycles. The summed E-state index contributed by atoms with van der Waals surface area (Å²) < 4.78 is 5.35.